The molecule has 0 spiro atoms. The van der Waals surface area contributed by atoms with Crippen molar-refractivity contribution in [3.63, 3.8) is 0 Å². The largest absolute Gasteiger partial charge is 0.496 e. The Balaban J connectivity index is 1.40. The van der Waals surface area contributed by atoms with E-state index in [4.69, 9.17) is 19.7 Å². The minimum Gasteiger partial charge on any atom is -0.496 e. The molecule has 10 nitrogen and oxygen atoms in total. The van der Waals surface area contributed by atoms with Gasteiger partial charge in [0, 0.05) is 39.0 Å². The molecule has 0 fully saturated rings. The number of carboxylic acids is 2. The van der Waals surface area contributed by atoms with Gasteiger partial charge in [-0.05, 0) is 76.9 Å². The second-order valence-electron chi connectivity index (χ2n) is 11.1. The number of ether oxygens (including phenoxy) is 2. The van der Waals surface area contributed by atoms with Gasteiger partial charge in [0.15, 0.2) is 0 Å². The molecule has 4 rings (SSSR count). The second kappa shape index (κ2) is 12.6. The molecule has 2 heterocycles. The van der Waals surface area contributed by atoms with Gasteiger partial charge in [-0.1, -0.05) is 13.8 Å². The van der Waals surface area contributed by atoms with Crippen molar-refractivity contribution in [1.29, 1.82) is 0 Å². The van der Waals surface area contributed by atoms with Crippen LogP contribution in [-0.4, -0.2) is 58.0 Å². The van der Waals surface area contributed by atoms with E-state index in [0.717, 1.165) is 64.1 Å². The summed E-state index contributed by atoms with van der Waals surface area (Å²) in [5.74, 6) is -2.21. The van der Waals surface area contributed by atoms with Gasteiger partial charge >= 0.3 is 11.9 Å². The topological polar surface area (TPSA) is 134 Å². The zero-order chi connectivity index (χ0) is 29.8. The van der Waals surface area contributed by atoms with Crippen molar-refractivity contribution in [2.75, 3.05) is 14.2 Å². The van der Waals surface area contributed by atoms with E-state index in [9.17, 15) is 19.2 Å². The molecule has 2 atom stereocenters. The van der Waals surface area contributed by atoms with Gasteiger partial charge in [-0.3, -0.25) is 19.2 Å². The van der Waals surface area contributed by atoms with Crippen LogP contribution in [0.3, 0.4) is 0 Å². The molecule has 10 heteroatoms. The summed E-state index contributed by atoms with van der Waals surface area (Å²) in [6.45, 7) is 4.88. The number of benzene rings is 2. The Morgan fingerprint density at radius 1 is 0.683 bits per heavy atom. The fourth-order valence-electron chi connectivity index (χ4n) is 5.51. The van der Waals surface area contributed by atoms with Crippen LogP contribution >= 0.6 is 0 Å². The van der Waals surface area contributed by atoms with Crippen molar-refractivity contribution in [3.05, 3.63) is 57.6 Å². The Morgan fingerprint density at radius 2 is 1.02 bits per heavy atom. The number of aliphatic carboxylic acids is 2. The maximum Gasteiger partial charge on any atom is 0.306 e. The molecule has 2 aliphatic rings. The lowest BCUT2D eigenvalue weighted by Crippen LogP contribution is -2.28. The highest BCUT2D eigenvalue weighted by Crippen LogP contribution is 2.34. The number of amides is 2. The Morgan fingerprint density at radius 3 is 1.34 bits per heavy atom. The van der Waals surface area contributed by atoms with E-state index in [1.165, 1.54) is 0 Å². The first kappa shape index (κ1) is 29.9. The molecular weight excluding hydrogens is 528 g/mol. The Bertz CT molecular complexity index is 1250. The monoisotopic (exact) mass is 566 g/mol. The van der Waals surface area contributed by atoms with Crippen LogP contribution in [0.25, 0.3) is 0 Å². The lowest BCUT2D eigenvalue weighted by molar-refractivity contribution is -0.145. The van der Waals surface area contributed by atoms with Crippen LogP contribution in [0.2, 0.25) is 0 Å². The van der Waals surface area contributed by atoms with E-state index < -0.39 is 23.8 Å². The standard InChI is InChI=1S/C31H38N2O8/c1-18(30(36)37)8-28(34)32-14-22-10-20(26(40-3)12-24(22)16-32)6-5-7-21-11-23-15-33(17-25(23)13-27(21)41-4)29(35)9-19(2)31(38)39/h10-13,18-19H,5-9,14-17H2,1-4H3,(H,36,37)(H,38,39)/t18-,19-/m0/s1. The molecular formula is C31H38N2O8. The Labute approximate surface area is 239 Å². The van der Waals surface area contributed by atoms with Crippen LogP contribution in [-0.2, 0) is 58.2 Å². The molecule has 2 aromatic carbocycles. The predicted octanol–water partition coefficient (Wildman–Crippen LogP) is 3.79. The van der Waals surface area contributed by atoms with Crippen molar-refractivity contribution in [2.24, 2.45) is 11.8 Å². The first-order valence-electron chi connectivity index (χ1n) is 13.9. The van der Waals surface area contributed by atoms with Gasteiger partial charge < -0.3 is 29.5 Å². The maximum absolute atomic E-state index is 12.6. The minimum atomic E-state index is -0.977. The fourth-order valence-corrected chi connectivity index (χ4v) is 5.51. The molecule has 41 heavy (non-hydrogen) atoms. The number of rotatable bonds is 12. The summed E-state index contributed by atoms with van der Waals surface area (Å²) in [4.78, 5) is 51.0. The van der Waals surface area contributed by atoms with Gasteiger partial charge in [0.05, 0.1) is 26.1 Å². The summed E-state index contributed by atoms with van der Waals surface area (Å²) < 4.78 is 11.3. The predicted molar refractivity (Wildman–Crippen MR) is 149 cm³/mol. The summed E-state index contributed by atoms with van der Waals surface area (Å²) in [5, 5.41) is 18.3. The molecule has 2 aliphatic heterocycles. The van der Waals surface area contributed by atoms with E-state index in [0.29, 0.717) is 26.2 Å². The number of fused-ring (bicyclic) bond motifs is 2. The number of carboxylic acid groups (broad SMARTS) is 2. The van der Waals surface area contributed by atoms with Crippen LogP contribution in [0, 0.1) is 11.8 Å². The molecule has 2 amide bonds. The third kappa shape index (κ3) is 6.81. The summed E-state index contributed by atoms with van der Waals surface area (Å²) in [6, 6.07) is 8.13. The fraction of sp³-hybridized carbons (Fsp3) is 0.484. The summed E-state index contributed by atoms with van der Waals surface area (Å²) >= 11 is 0. The number of hydrogen-bond acceptors (Lipinski definition) is 6. The maximum atomic E-state index is 12.6. The number of hydrogen-bond donors (Lipinski definition) is 2. The quantitative estimate of drug-likeness (QED) is 0.397. The molecule has 0 unspecified atom stereocenters. The van der Waals surface area contributed by atoms with E-state index in [-0.39, 0.29) is 24.7 Å². The molecule has 0 saturated carbocycles. The van der Waals surface area contributed by atoms with Crippen LogP contribution in [0.4, 0.5) is 0 Å². The van der Waals surface area contributed by atoms with E-state index in [1.807, 2.05) is 12.1 Å². The Hall–Kier alpha value is -4.08. The average Bonchev–Trinajstić information content (AvgIpc) is 3.55. The number of aryl methyl sites for hydroxylation is 2. The summed E-state index contributed by atoms with van der Waals surface area (Å²) in [5.41, 5.74) is 6.22. The van der Waals surface area contributed by atoms with E-state index >= 15 is 0 Å². The van der Waals surface area contributed by atoms with Crippen LogP contribution < -0.4 is 9.47 Å². The molecule has 0 aromatic heterocycles. The van der Waals surface area contributed by atoms with Crippen LogP contribution in [0.15, 0.2) is 24.3 Å². The van der Waals surface area contributed by atoms with Gasteiger partial charge in [-0.25, -0.2) is 0 Å². The molecule has 220 valence electrons. The summed E-state index contributed by atoms with van der Waals surface area (Å²) in [6.07, 6.45) is 2.27. The molecule has 0 radical (unpaired) electrons. The van der Waals surface area contributed by atoms with Crippen molar-refractivity contribution < 1.29 is 38.9 Å². The van der Waals surface area contributed by atoms with E-state index in [2.05, 4.69) is 12.1 Å². The highest BCUT2D eigenvalue weighted by atomic mass is 16.5. The number of carbonyl (C=O) groups is 4. The third-order valence-electron chi connectivity index (χ3n) is 8.05. The highest BCUT2D eigenvalue weighted by molar-refractivity contribution is 5.83. The summed E-state index contributed by atoms with van der Waals surface area (Å²) in [7, 11) is 3.26. The number of carbonyl (C=O) groups excluding carboxylic acids is 2. The lowest BCUT2D eigenvalue weighted by atomic mass is 9.97. The van der Waals surface area contributed by atoms with Crippen molar-refractivity contribution >= 4 is 23.8 Å². The van der Waals surface area contributed by atoms with Gasteiger partial charge in [0.1, 0.15) is 11.5 Å². The molecule has 2 aromatic rings. The zero-order valence-corrected chi connectivity index (χ0v) is 24.1. The average molecular weight is 567 g/mol. The SMILES string of the molecule is COc1cc2c(cc1CCCc1cc3c(cc1OC)CN(C(=O)C[C@H](C)C(=O)O)C3)CN(C(=O)C[C@H](C)C(=O)O)C2. The third-order valence-corrected chi connectivity index (χ3v) is 8.05. The van der Waals surface area contributed by atoms with Gasteiger partial charge in [-0.15, -0.1) is 0 Å². The second-order valence-corrected chi connectivity index (χ2v) is 11.1. The molecule has 0 saturated heterocycles. The number of nitrogens with zero attached hydrogens (tertiary/aromatic N) is 2. The smallest absolute Gasteiger partial charge is 0.306 e. The molecule has 2 N–H and O–H groups in total. The lowest BCUT2D eigenvalue weighted by Gasteiger charge is -2.16. The highest BCUT2D eigenvalue weighted by Gasteiger charge is 2.29. The zero-order valence-electron chi connectivity index (χ0n) is 24.1. The first-order chi connectivity index (χ1) is 19.5. The number of methoxy groups -OCH3 is 2. The molecule has 0 aliphatic carbocycles. The first-order valence-corrected chi connectivity index (χ1v) is 13.9. The van der Waals surface area contributed by atoms with Crippen LogP contribution in [0.1, 0.15) is 66.5 Å². The van der Waals surface area contributed by atoms with E-state index in [1.54, 1.807) is 37.9 Å². The Kier molecular flexibility index (Phi) is 9.20. The minimum absolute atomic E-state index is 0.0245. The van der Waals surface area contributed by atoms with Crippen molar-refractivity contribution in [1.82, 2.24) is 9.80 Å². The van der Waals surface area contributed by atoms with Gasteiger partial charge in [-0.2, -0.15) is 0 Å². The van der Waals surface area contributed by atoms with Gasteiger partial charge in [0.2, 0.25) is 11.8 Å². The van der Waals surface area contributed by atoms with Gasteiger partial charge in [0.25, 0.3) is 0 Å². The van der Waals surface area contributed by atoms with Crippen molar-refractivity contribution in [3.8, 4) is 11.5 Å². The van der Waals surface area contributed by atoms with Crippen LogP contribution in [0.5, 0.6) is 11.5 Å². The normalized spacial score (nSPS) is 15.2. The molecule has 0 bridgehead atoms. The van der Waals surface area contributed by atoms with Crippen molar-refractivity contribution in [2.45, 2.75) is 72.1 Å².